The number of anilines is 1. The third-order valence-electron chi connectivity index (χ3n) is 4.82. The number of hydrogen-bond acceptors (Lipinski definition) is 6. The van der Waals surface area contributed by atoms with Gasteiger partial charge >= 0.3 is 0 Å². The standard InChI is InChI=1S/C24H33N3O5/c1-6-27(15-18-9-11-21(32-7-2)22(13-18)31-5)16-24(29)25-14-23(28)26-19-12-17(3)8-10-20(19)30-4/h8-13H,6-7,14-16H2,1-5H3,(H,25,29)(H,26,28). The average molecular weight is 444 g/mol. The van der Waals surface area contributed by atoms with E-state index < -0.39 is 0 Å². The van der Waals surface area contributed by atoms with Crippen LogP contribution in [0.1, 0.15) is 25.0 Å². The molecule has 0 radical (unpaired) electrons. The zero-order chi connectivity index (χ0) is 23.5. The first-order chi connectivity index (χ1) is 15.4. The van der Waals surface area contributed by atoms with E-state index in [0.29, 0.717) is 42.6 Å². The van der Waals surface area contributed by atoms with Gasteiger partial charge in [-0.1, -0.05) is 19.1 Å². The molecule has 0 aromatic heterocycles. The number of nitrogens with zero attached hydrogens (tertiary/aromatic N) is 1. The molecule has 0 spiro atoms. The number of ether oxygens (including phenoxy) is 3. The van der Waals surface area contributed by atoms with Crippen molar-refractivity contribution in [1.29, 1.82) is 0 Å². The minimum Gasteiger partial charge on any atom is -0.495 e. The monoisotopic (exact) mass is 443 g/mol. The van der Waals surface area contributed by atoms with Crippen LogP contribution in [-0.4, -0.2) is 57.2 Å². The van der Waals surface area contributed by atoms with Crippen LogP contribution in [-0.2, 0) is 16.1 Å². The number of amides is 2. The van der Waals surface area contributed by atoms with E-state index in [1.54, 1.807) is 20.3 Å². The quantitative estimate of drug-likeness (QED) is 0.524. The van der Waals surface area contributed by atoms with Crippen molar-refractivity contribution >= 4 is 17.5 Å². The van der Waals surface area contributed by atoms with Crippen LogP contribution in [0.4, 0.5) is 5.69 Å². The van der Waals surface area contributed by atoms with Crippen molar-refractivity contribution in [3.05, 3.63) is 47.5 Å². The van der Waals surface area contributed by atoms with E-state index in [9.17, 15) is 9.59 Å². The van der Waals surface area contributed by atoms with Crippen molar-refractivity contribution in [2.75, 3.05) is 45.8 Å². The molecule has 0 aliphatic heterocycles. The zero-order valence-electron chi connectivity index (χ0n) is 19.5. The first kappa shape index (κ1) is 25.0. The van der Waals surface area contributed by atoms with Crippen molar-refractivity contribution < 1.29 is 23.8 Å². The van der Waals surface area contributed by atoms with Crippen LogP contribution in [0.3, 0.4) is 0 Å². The lowest BCUT2D eigenvalue weighted by atomic mass is 10.2. The van der Waals surface area contributed by atoms with Gasteiger partial charge in [0.1, 0.15) is 5.75 Å². The molecule has 0 unspecified atom stereocenters. The Morgan fingerprint density at radius 2 is 1.66 bits per heavy atom. The second kappa shape index (κ2) is 12.6. The molecule has 32 heavy (non-hydrogen) atoms. The summed E-state index contributed by atoms with van der Waals surface area (Å²) < 4.78 is 16.2. The van der Waals surface area contributed by atoms with Gasteiger partial charge in [-0.25, -0.2) is 0 Å². The molecule has 2 amide bonds. The zero-order valence-corrected chi connectivity index (χ0v) is 19.5. The van der Waals surface area contributed by atoms with Crippen LogP contribution in [0.15, 0.2) is 36.4 Å². The van der Waals surface area contributed by atoms with Crippen LogP contribution in [0.5, 0.6) is 17.2 Å². The summed E-state index contributed by atoms with van der Waals surface area (Å²) in [4.78, 5) is 26.7. The fraction of sp³-hybridized carbons (Fsp3) is 0.417. The Morgan fingerprint density at radius 1 is 0.938 bits per heavy atom. The number of likely N-dealkylation sites (N-methyl/N-ethyl adjacent to an activating group) is 1. The summed E-state index contributed by atoms with van der Waals surface area (Å²) in [6, 6.07) is 11.2. The highest BCUT2D eigenvalue weighted by Gasteiger charge is 2.14. The highest BCUT2D eigenvalue weighted by atomic mass is 16.5. The maximum absolute atomic E-state index is 12.4. The second-order valence-corrected chi connectivity index (χ2v) is 7.25. The fourth-order valence-corrected chi connectivity index (χ4v) is 3.17. The number of methoxy groups -OCH3 is 2. The highest BCUT2D eigenvalue weighted by Crippen LogP contribution is 2.28. The Bertz CT molecular complexity index is 917. The Kier molecular flexibility index (Phi) is 9.81. The number of hydrogen-bond donors (Lipinski definition) is 2. The number of carbonyl (C=O) groups is 2. The van der Waals surface area contributed by atoms with Gasteiger partial charge in [0, 0.05) is 6.54 Å². The molecule has 8 nitrogen and oxygen atoms in total. The van der Waals surface area contributed by atoms with Gasteiger partial charge in [0.2, 0.25) is 11.8 Å². The summed E-state index contributed by atoms with van der Waals surface area (Å²) in [5.41, 5.74) is 2.57. The summed E-state index contributed by atoms with van der Waals surface area (Å²) in [5.74, 6) is 1.37. The largest absolute Gasteiger partial charge is 0.495 e. The maximum atomic E-state index is 12.4. The molecule has 0 saturated heterocycles. The molecule has 8 heteroatoms. The molecule has 2 N–H and O–H groups in total. The Hall–Kier alpha value is -3.26. The third-order valence-corrected chi connectivity index (χ3v) is 4.82. The van der Waals surface area contributed by atoms with Crippen LogP contribution in [0.25, 0.3) is 0 Å². The molecule has 2 aromatic carbocycles. The van der Waals surface area contributed by atoms with Gasteiger partial charge in [-0.15, -0.1) is 0 Å². The first-order valence-corrected chi connectivity index (χ1v) is 10.6. The van der Waals surface area contributed by atoms with Crippen LogP contribution in [0, 0.1) is 6.92 Å². The molecule has 0 fully saturated rings. The Balaban J connectivity index is 1.88. The number of nitrogens with one attached hydrogen (secondary N) is 2. The molecule has 174 valence electrons. The van der Waals surface area contributed by atoms with E-state index in [1.165, 1.54) is 0 Å². The molecule has 0 atom stereocenters. The molecule has 0 bridgehead atoms. The molecule has 2 rings (SSSR count). The van der Waals surface area contributed by atoms with Crippen molar-refractivity contribution in [3.8, 4) is 17.2 Å². The van der Waals surface area contributed by atoms with Gasteiger partial charge in [0.05, 0.1) is 39.6 Å². The summed E-state index contributed by atoms with van der Waals surface area (Å²) >= 11 is 0. The number of rotatable bonds is 12. The number of carbonyl (C=O) groups excluding carboxylic acids is 2. The number of aryl methyl sites for hydroxylation is 1. The average Bonchev–Trinajstić information content (AvgIpc) is 2.78. The lowest BCUT2D eigenvalue weighted by molar-refractivity contribution is -0.125. The van der Waals surface area contributed by atoms with Gasteiger partial charge in [-0.2, -0.15) is 0 Å². The van der Waals surface area contributed by atoms with Gasteiger partial charge in [0.15, 0.2) is 11.5 Å². The Labute approximate surface area is 189 Å². The summed E-state index contributed by atoms with van der Waals surface area (Å²) in [6.07, 6.45) is 0. The van der Waals surface area contributed by atoms with Crippen LogP contribution < -0.4 is 24.8 Å². The van der Waals surface area contributed by atoms with Crippen LogP contribution in [0.2, 0.25) is 0 Å². The lowest BCUT2D eigenvalue weighted by Gasteiger charge is -2.21. The topological polar surface area (TPSA) is 89.1 Å². The molecule has 2 aromatic rings. The van der Waals surface area contributed by atoms with Gasteiger partial charge in [0.25, 0.3) is 0 Å². The maximum Gasteiger partial charge on any atom is 0.243 e. The van der Waals surface area contributed by atoms with E-state index in [-0.39, 0.29) is 24.9 Å². The molecular weight excluding hydrogens is 410 g/mol. The summed E-state index contributed by atoms with van der Waals surface area (Å²) in [7, 11) is 3.14. The lowest BCUT2D eigenvalue weighted by Crippen LogP contribution is -2.40. The van der Waals surface area contributed by atoms with Crippen molar-refractivity contribution in [2.24, 2.45) is 0 Å². The van der Waals surface area contributed by atoms with Crippen molar-refractivity contribution in [1.82, 2.24) is 10.2 Å². The molecule has 0 saturated carbocycles. The Morgan fingerprint density at radius 3 is 2.31 bits per heavy atom. The molecular formula is C24H33N3O5. The van der Waals surface area contributed by atoms with Crippen molar-refractivity contribution in [2.45, 2.75) is 27.3 Å². The van der Waals surface area contributed by atoms with E-state index in [4.69, 9.17) is 14.2 Å². The predicted molar refractivity (Wildman–Crippen MR) is 124 cm³/mol. The molecule has 0 aliphatic carbocycles. The smallest absolute Gasteiger partial charge is 0.243 e. The fourth-order valence-electron chi connectivity index (χ4n) is 3.17. The van der Waals surface area contributed by atoms with Gasteiger partial charge in [-0.05, 0) is 55.8 Å². The minimum atomic E-state index is -0.318. The predicted octanol–water partition coefficient (Wildman–Crippen LogP) is 2.99. The first-order valence-electron chi connectivity index (χ1n) is 10.6. The van der Waals surface area contributed by atoms with Gasteiger partial charge < -0.3 is 24.8 Å². The minimum absolute atomic E-state index is 0.121. The van der Waals surface area contributed by atoms with Gasteiger partial charge in [-0.3, -0.25) is 14.5 Å². The SMILES string of the molecule is CCOc1ccc(CN(CC)CC(=O)NCC(=O)Nc2cc(C)ccc2OC)cc1OC. The summed E-state index contributed by atoms with van der Waals surface area (Å²) in [5, 5.41) is 5.45. The van der Waals surface area contributed by atoms with E-state index in [2.05, 4.69) is 10.6 Å². The van der Waals surface area contributed by atoms with Crippen LogP contribution >= 0.6 is 0 Å². The molecule has 0 heterocycles. The molecule has 0 aliphatic rings. The number of benzene rings is 2. The third kappa shape index (κ3) is 7.46. The highest BCUT2D eigenvalue weighted by molar-refractivity contribution is 5.96. The van der Waals surface area contributed by atoms with Crippen molar-refractivity contribution in [3.63, 3.8) is 0 Å². The van der Waals surface area contributed by atoms with E-state index in [1.807, 2.05) is 56.0 Å². The second-order valence-electron chi connectivity index (χ2n) is 7.25. The van der Waals surface area contributed by atoms with E-state index in [0.717, 1.165) is 11.1 Å². The van der Waals surface area contributed by atoms with E-state index >= 15 is 0 Å². The normalized spacial score (nSPS) is 10.6. The summed E-state index contributed by atoms with van der Waals surface area (Å²) in [6.45, 7) is 7.68.